The Labute approximate surface area is 118 Å². The third kappa shape index (κ3) is 3.84. The zero-order valence-electron chi connectivity index (χ0n) is 11.7. The van der Waals surface area contributed by atoms with Crippen LogP contribution in [0.1, 0.15) is 26.2 Å². The van der Waals surface area contributed by atoms with Gasteiger partial charge in [0.05, 0.1) is 11.5 Å². The van der Waals surface area contributed by atoms with Gasteiger partial charge in [-0.25, -0.2) is 0 Å². The molecule has 6 nitrogen and oxygen atoms in total. The van der Waals surface area contributed by atoms with Crippen molar-refractivity contribution in [2.45, 2.75) is 32.2 Å². The summed E-state index contributed by atoms with van der Waals surface area (Å²) in [6.45, 7) is 4.21. The molecule has 1 aromatic rings. The van der Waals surface area contributed by atoms with Gasteiger partial charge in [0.1, 0.15) is 0 Å². The van der Waals surface area contributed by atoms with Crippen LogP contribution in [0.25, 0.3) is 0 Å². The Morgan fingerprint density at radius 1 is 1.50 bits per heavy atom. The summed E-state index contributed by atoms with van der Waals surface area (Å²) in [6, 6.07) is 5.31. The van der Waals surface area contributed by atoms with Gasteiger partial charge in [-0.15, -0.1) is 0 Å². The molecule has 1 aliphatic rings. The monoisotopic (exact) mass is 279 g/mol. The molecule has 1 atom stereocenters. The molecular weight excluding hydrogens is 258 g/mol. The molecule has 1 saturated heterocycles. The number of ether oxygens (including phenoxy) is 1. The molecule has 1 aliphatic heterocycles. The fourth-order valence-corrected chi connectivity index (χ4v) is 2.40. The van der Waals surface area contributed by atoms with E-state index < -0.39 is 4.92 Å². The lowest BCUT2D eigenvalue weighted by Crippen LogP contribution is -2.30. The largest absolute Gasteiger partial charge is 0.487 e. The van der Waals surface area contributed by atoms with Gasteiger partial charge in [-0.3, -0.25) is 10.1 Å². The zero-order valence-corrected chi connectivity index (χ0v) is 11.7. The first kappa shape index (κ1) is 14.6. The molecule has 1 fully saturated rings. The number of hydrogen-bond acceptors (Lipinski definition) is 5. The quantitative estimate of drug-likeness (QED) is 0.640. The highest BCUT2D eigenvalue weighted by Gasteiger charge is 2.17. The Kier molecular flexibility index (Phi) is 5.17. The Morgan fingerprint density at radius 3 is 3.10 bits per heavy atom. The molecule has 6 heteroatoms. The lowest BCUT2D eigenvalue weighted by molar-refractivity contribution is -0.385. The molecule has 0 radical (unpaired) electrons. The van der Waals surface area contributed by atoms with Crippen LogP contribution < -0.4 is 15.4 Å². The van der Waals surface area contributed by atoms with Crippen LogP contribution >= 0.6 is 0 Å². The van der Waals surface area contributed by atoms with E-state index >= 15 is 0 Å². The van der Waals surface area contributed by atoms with Crippen LogP contribution in [0.5, 0.6) is 5.75 Å². The van der Waals surface area contributed by atoms with Crippen molar-refractivity contribution in [3.63, 3.8) is 0 Å². The van der Waals surface area contributed by atoms with Crippen LogP contribution in [0.15, 0.2) is 18.2 Å². The highest BCUT2D eigenvalue weighted by molar-refractivity contribution is 5.58. The van der Waals surface area contributed by atoms with Crippen LogP contribution in [-0.2, 0) is 0 Å². The van der Waals surface area contributed by atoms with Gasteiger partial charge in [0.2, 0.25) is 0 Å². The van der Waals surface area contributed by atoms with Crippen LogP contribution in [0.3, 0.4) is 0 Å². The third-order valence-electron chi connectivity index (χ3n) is 3.37. The van der Waals surface area contributed by atoms with Gasteiger partial charge in [-0.05, 0) is 32.4 Å². The second-order valence-corrected chi connectivity index (χ2v) is 4.91. The minimum absolute atomic E-state index is 0.0105. The van der Waals surface area contributed by atoms with E-state index in [2.05, 4.69) is 10.6 Å². The fourth-order valence-electron chi connectivity index (χ4n) is 2.40. The van der Waals surface area contributed by atoms with Crippen molar-refractivity contribution >= 4 is 11.4 Å². The Hall–Kier alpha value is -1.82. The molecule has 1 aromatic carbocycles. The number of rotatable bonds is 5. The molecule has 0 amide bonds. The first-order valence-corrected chi connectivity index (χ1v) is 7.09. The molecule has 0 saturated carbocycles. The van der Waals surface area contributed by atoms with Crippen LogP contribution in [0.4, 0.5) is 11.4 Å². The third-order valence-corrected chi connectivity index (χ3v) is 3.37. The van der Waals surface area contributed by atoms with Crippen LogP contribution in [0, 0.1) is 10.1 Å². The standard InChI is InChI=1S/C14H21N3O3/c1-2-20-14-9-11(6-7-13(14)17(18)19)16-12-5-3-4-8-15-10-12/h6-7,9,12,15-16H,2-5,8,10H2,1H3. The first-order chi connectivity index (χ1) is 9.70. The van der Waals surface area contributed by atoms with Gasteiger partial charge < -0.3 is 15.4 Å². The zero-order chi connectivity index (χ0) is 14.4. The number of nitro benzene ring substituents is 1. The smallest absolute Gasteiger partial charge is 0.311 e. The van der Waals surface area contributed by atoms with E-state index in [1.807, 2.05) is 6.92 Å². The second kappa shape index (κ2) is 7.09. The summed E-state index contributed by atoms with van der Waals surface area (Å²) >= 11 is 0. The van der Waals surface area contributed by atoms with Crippen molar-refractivity contribution in [3.05, 3.63) is 28.3 Å². The average Bonchev–Trinajstić information content (AvgIpc) is 2.68. The molecular formula is C14H21N3O3. The number of nitrogens with zero attached hydrogens (tertiary/aromatic N) is 1. The molecule has 0 aliphatic carbocycles. The maximum Gasteiger partial charge on any atom is 0.311 e. The summed E-state index contributed by atoms with van der Waals surface area (Å²) < 4.78 is 5.36. The van der Waals surface area contributed by atoms with E-state index in [1.54, 1.807) is 12.1 Å². The Bertz CT molecular complexity index is 457. The lowest BCUT2D eigenvalue weighted by atomic mass is 10.1. The normalized spacial score (nSPS) is 19.1. The molecule has 1 heterocycles. The van der Waals surface area contributed by atoms with Crippen molar-refractivity contribution in [2.75, 3.05) is 25.0 Å². The minimum Gasteiger partial charge on any atom is -0.487 e. The number of nitro groups is 1. The molecule has 1 unspecified atom stereocenters. The molecule has 0 spiro atoms. The van der Waals surface area contributed by atoms with Crippen molar-refractivity contribution in [3.8, 4) is 5.75 Å². The second-order valence-electron chi connectivity index (χ2n) is 4.91. The van der Waals surface area contributed by atoms with Gasteiger partial charge in [-0.2, -0.15) is 0 Å². The minimum atomic E-state index is -0.415. The van der Waals surface area contributed by atoms with Gasteiger partial charge in [-0.1, -0.05) is 6.42 Å². The van der Waals surface area contributed by atoms with Crippen LogP contribution in [0.2, 0.25) is 0 Å². The SMILES string of the molecule is CCOc1cc(NC2CCCCNC2)ccc1[N+](=O)[O-]. The highest BCUT2D eigenvalue weighted by atomic mass is 16.6. The van der Waals surface area contributed by atoms with Crippen LogP contribution in [-0.4, -0.2) is 30.7 Å². The van der Waals surface area contributed by atoms with Gasteiger partial charge in [0.15, 0.2) is 5.75 Å². The lowest BCUT2D eigenvalue weighted by Gasteiger charge is -2.18. The highest BCUT2D eigenvalue weighted by Crippen LogP contribution is 2.30. The van der Waals surface area contributed by atoms with Gasteiger partial charge in [0, 0.05) is 30.4 Å². The molecule has 0 bridgehead atoms. The van der Waals surface area contributed by atoms with Crippen molar-refractivity contribution < 1.29 is 9.66 Å². The average molecular weight is 279 g/mol. The summed E-state index contributed by atoms with van der Waals surface area (Å²) in [5, 5.41) is 17.7. The van der Waals surface area contributed by atoms with E-state index in [0.717, 1.165) is 25.2 Å². The summed E-state index contributed by atoms with van der Waals surface area (Å²) in [4.78, 5) is 10.5. The van der Waals surface area contributed by atoms with E-state index in [0.29, 0.717) is 18.4 Å². The van der Waals surface area contributed by atoms with E-state index in [9.17, 15) is 10.1 Å². The van der Waals surface area contributed by atoms with E-state index in [-0.39, 0.29) is 5.69 Å². The van der Waals surface area contributed by atoms with Gasteiger partial charge in [0.25, 0.3) is 0 Å². The topological polar surface area (TPSA) is 76.4 Å². The number of benzene rings is 1. The fraction of sp³-hybridized carbons (Fsp3) is 0.571. The summed E-state index contributed by atoms with van der Waals surface area (Å²) in [5.74, 6) is 0.323. The van der Waals surface area contributed by atoms with Gasteiger partial charge >= 0.3 is 5.69 Å². The summed E-state index contributed by atoms with van der Waals surface area (Å²) in [7, 11) is 0. The predicted octanol–water partition coefficient (Wildman–Crippen LogP) is 2.55. The number of anilines is 1. The predicted molar refractivity (Wildman–Crippen MR) is 78.4 cm³/mol. The molecule has 2 N–H and O–H groups in total. The first-order valence-electron chi connectivity index (χ1n) is 7.09. The maximum absolute atomic E-state index is 10.9. The Balaban J connectivity index is 2.11. The molecule has 2 rings (SSSR count). The maximum atomic E-state index is 10.9. The summed E-state index contributed by atoms with van der Waals surface area (Å²) in [5.41, 5.74) is 0.879. The number of hydrogen-bond donors (Lipinski definition) is 2. The van der Waals surface area contributed by atoms with E-state index in [4.69, 9.17) is 4.74 Å². The molecule has 20 heavy (non-hydrogen) atoms. The number of nitrogens with one attached hydrogen (secondary N) is 2. The molecule has 0 aromatic heterocycles. The van der Waals surface area contributed by atoms with Crippen molar-refractivity contribution in [1.29, 1.82) is 0 Å². The van der Waals surface area contributed by atoms with Crippen molar-refractivity contribution in [1.82, 2.24) is 5.32 Å². The Morgan fingerprint density at radius 2 is 2.35 bits per heavy atom. The molecule has 110 valence electrons. The summed E-state index contributed by atoms with van der Waals surface area (Å²) in [6.07, 6.45) is 3.49. The van der Waals surface area contributed by atoms with Crippen molar-refractivity contribution in [2.24, 2.45) is 0 Å². The van der Waals surface area contributed by atoms with E-state index in [1.165, 1.54) is 18.9 Å².